The SMILES string of the molecule is COc1ccc(-c2cc(C(=O)OCC(=O)c3ccc(-c4ccccc4)cc3)c3cccc(C)c3n2)cc1. The molecular weight excluding hydrogens is 462 g/mol. The van der Waals surface area contributed by atoms with Crippen molar-refractivity contribution in [3.8, 4) is 28.1 Å². The lowest BCUT2D eigenvalue weighted by atomic mass is 10.0. The Morgan fingerprint density at radius 1 is 0.757 bits per heavy atom. The molecule has 1 heterocycles. The normalized spacial score (nSPS) is 10.8. The summed E-state index contributed by atoms with van der Waals surface area (Å²) in [6.45, 7) is 1.60. The minimum Gasteiger partial charge on any atom is -0.497 e. The van der Waals surface area contributed by atoms with Crippen molar-refractivity contribution in [3.63, 3.8) is 0 Å². The first kappa shape index (κ1) is 23.9. The predicted molar refractivity (Wildman–Crippen MR) is 145 cm³/mol. The Labute approximate surface area is 215 Å². The van der Waals surface area contributed by atoms with Crippen LogP contribution in [0, 0.1) is 6.92 Å². The fourth-order valence-electron chi connectivity index (χ4n) is 4.24. The molecule has 0 saturated heterocycles. The summed E-state index contributed by atoms with van der Waals surface area (Å²) in [6, 6.07) is 32.1. The fraction of sp³-hybridized carbons (Fsp3) is 0.0938. The molecule has 0 atom stereocenters. The number of aromatic nitrogens is 1. The number of aryl methyl sites for hydroxylation is 1. The number of nitrogens with zero attached hydrogens (tertiary/aromatic N) is 1. The molecule has 5 rings (SSSR count). The van der Waals surface area contributed by atoms with Gasteiger partial charge in [-0.25, -0.2) is 9.78 Å². The Kier molecular flexibility index (Phi) is 6.77. The Bertz CT molecular complexity index is 1570. The molecule has 1 aromatic heterocycles. The highest BCUT2D eigenvalue weighted by Crippen LogP contribution is 2.28. The van der Waals surface area contributed by atoms with E-state index in [0.29, 0.717) is 27.7 Å². The number of ether oxygens (including phenoxy) is 2. The monoisotopic (exact) mass is 487 g/mol. The van der Waals surface area contributed by atoms with E-state index >= 15 is 0 Å². The molecule has 0 N–H and O–H groups in total. The highest BCUT2D eigenvalue weighted by Gasteiger charge is 2.18. The molecule has 0 aliphatic carbocycles. The first-order chi connectivity index (χ1) is 18.0. The molecule has 182 valence electrons. The van der Waals surface area contributed by atoms with Gasteiger partial charge in [-0.15, -0.1) is 0 Å². The summed E-state index contributed by atoms with van der Waals surface area (Å²) >= 11 is 0. The fourth-order valence-corrected chi connectivity index (χ4v) is 4.24. The molecule has 0 radical (unpaired) electrons. The second kappa shape index (κ2) is 10.5. The van der Waals surface area contributed by atoms with Crippen LogP contribution in [0.1, 0.15) is 26.3 Å². The molecular formula is C32H25NO4. The van der Waals surface area contributed by atoms with Crippen molar-refractivity contribution in [2.45, 2.75) is 6.92 Å². The Hall–Kier alpha value is -4.77. The van der Waals surface area contributed by atoms with Gasteiger partial charge in [-0.3, -0.25) is 4.79 Å². The minimum absolute atomic E-state index is 0.266. The second-order valence-electron chi connectivity index (χ2n) is 8.70. The number of hydrogen-bond acceptors (Lipinski definition) is 5. The minimum atomic E-state index is -0.568. The number of Topliss-reactive ketones (excluding diaryl/α,β-unsaturated/α-hetero) is 1. The number of methoxy groups -OCH3 is 1. The molecule has 5 heteroatoms. The van der Waals surface area contributed by atoms with E-state index in [1.165, 1.54) is 0 Å². The summed E-state index contributed by atoms with van der Waals surface area (Å²) in [5, 5.41) is 0.682. The highest BCUT2D eigenvalue weighted by atomic mass is 16.5. The summed E-state index contributed by atoms with van der Waals surface area (Å²) in [4.78, 5) is 30.8. The van der Waals surface area contributed by atoms with Crippen LogP contribution in [0.3, 0.4) is 0 Å². The van der Waals surface area contributed by atoms with Crippen molar-refractivity contribution in [1.29, 1.82) is 0 Å². The lowest BCUT2D eigenvalue weighted by molar-refractivity contribution is 0.0476. The molecule has 0 amide bonds. The average Bonchev–Trinajstić information content (AvgIpc) is 2.96. The number of pyridine rings is 1. The van der Waals surface area contributed by atoms with Gasteiger partial charge in [0, 0.05) is 16.5 Å². The van der Waals surface area contributed by atoms with Gasteiger partial charge in [-0.05, 0) is 53.9 Å². The van der Waals surface area contributed by atoms with E-state index in [1.54, 1.807) is 25.3 Å². The van der Waals surface area contributed by atoms with Crippen LogP contribution < -0.4 is 4.74 Å². The van der Waals surface area contributed by atoms with Crippen LogP contribution in [-0.4, -0.2) is 30.5 Å². The van der Waals surface area contributed by atoms with Gasteiger partial charge in [0.1, 0.15) is 5.75 Å². The van der Waals surface area contributed by atoms with Gasteiger partial charge in [0.25, 0.3) is 0 Å². The van der Waals surface area contributed by atoms with E-state index in [2.05, 4.69) is 0 Å². The molecule has 37 heavy (non-hydrogen) atoms. The van der Waals surface area contributed by atoms with Gasteiger partial charge < -0.3 is 9.47 Å². The Morgan fingerprint density at radius 2 is 1.43 bits per heavy atom. The number of esters is 1. The quantitative estimate of drug-likeness (QED) is 0.184. The Morgan fingerprint density at radius 3 is 2.14 bits per heavy atom. The molecule has 5 nitrogen and oxygen atoms in total. The second-order valence-corrected chi connectivity index (χ2v) is 8.70. The van der Waals surface area contributed by atoms with Crippen LogP contribution >= 0.6 is 0 Å². The zero-order valence-corrected chi connectivity index (χ0v) is 20.6. The van der Waals surface area contributed by atoms with E-state index < -0.39 is 5.97 Å². The van der Waals surface area contributed by atoms with Gasteiger partial charge in [0.2, 0.25) is 0 Å². The molecule has 0 saturated carbocycles. The number of para-hydroxylation sites is 1. The standard InChI is InChI=1S/C32H25NO4/c1-21-7-6-10-27-28(19-29(33-31(21)27)24-15-17-26(36-2)18-16-24)32(35)37-20-30(34)25-13-11-23(12-14-25)22-8-4-3-5-9-22/h3-19H,20H2,1-2H3. The third-order valence-electron chi connectivity index (χ3n) is 6.30. The number of rotatable bonds is 7. The van der Waals surface area contributed by atoms with Crippen LogP contribution in [0.4, 0.5) is 0 Å². The first-order valence-electron chi connectivity index (χ1n) is 11.9. The van der Waals surface area contributed by atoms with Gasteiger partial charge in [0.15, 0.2) is 12.4 Å². The predicted octanol–water partition coefficient (Wildman–Crippen LogP) is 6.93. The number of carbonyl (C=O) groups excluding carboxylic acids is 2. The number of fused-ring (bicyclic) bond motifs is 1. The van der Waals surface area contributed by atoms with E-state index in [-0.39, 0.29) is 12.4 Å². The first-order valence-corrected chi connectivity index (χ1v) is 11.9. The molecule has 4 aromatic carbocycles. The van der Waals surface area contributed by atoms with Crippen LogP contribution in [0.25, 0.3) is 33.3 Å². The van der Waals surface area contributed by atoms with Crippen LogP contribution in [0.5, 0.6) is 5.75 Å². The molecule has 5 aromatic rings. The molecule has 0 aliphatic rings. The summed E-state index contributed by atoms with van der Waals surface area (Å²) in [6.07, 6.45) is 0. The molecule has 0 unspecified atom stereocenters. The highest BCUT2D eigenvalue weighted by molar-refractivity contribution is 6.06. The van der Waals surface area contributed by atoms with Gasteiger partial charge in [-0.1, -0.05) is 72.8 Å². The summed E-state index contributed by atoms with van der Waals surface area (Å²) < 4.78 is 10.7. The topological polar surface area (TPSA) is 65.5 Å². The van der Waals surface area contributed by atoms with E-state index in [0.717, 1.165) is 28.0 Å². The average molecular weight is 488 g/mol. The summed E-state index contributed by atoms with van der Waals surface area (Å²) in [7, 11) is 1.61. The van der Waals surface area contributed by atoms with E-state index in [9.17, 15) is 9.59 Å². The number of hydrogen-bond donors (Lipinski definition) is 0. The molecule has 0 bridgehead atoms. The third kappa shape index (κ3) is 5.11. The molecule has 0 fully saturated rings. The van der Waals surface area contributed by atoms with E-state index in [4.69, 9.17) is 14.5 Å². The maximum atomic E-state index is 13.2. The smallest absolute Gasteiger partial charge is 0.339 e. The number of benzene rings is 4. The maximum Gasteiger partial charge on any atom is 0.339 e. The molecule has 0 aliphatic heterocycles. The van der Waals surface area contributed by atoms with Crippen molar-refractivity contribution in [2.75, 3.05) is 13.7 Å². The van der Waals surface area contributed by atoms with Crippen molar-refractivity contribution in [3.05, 3.63) is 120 Å². The zero-order chi connectivity index (χ0) is 25.8. The third-order valence-corrected chi connectivity index (χ3v) is 6.30. The number of ketones is 1. The van der Waals surface area contributed by atoms with Gasteiger partial charge >= 0.3 is 5.97 Å². The summed E-state index contributed by atoms with van der Waals surface area (Å²) in [5.74, 6) is -0.101. The van der Waals surface area contributed by atoms with Crippen molar-refractivity contribution in [2.24, 2.45) is 0 Å². The van der Waals surface area contributed by atoms with Crippen LogP contribution in [-0.2, 0) is 4.74 Å². The van der Waals surface area contributed by atoms with Crippen molar-refractivity contribution in [1.82, 2.24) is 4.98 Å². The lowest BCUT2D eigenvalue weighted by Gasteiger charge is -2.12. The Balaban J connectivity index is 1.38. The van der Waals surface area contributed by atoms with Crippen LogP contribution in [0.15, 0.2) is 103 Å². The van der Waals surface area contributed by atoms with Crippen molar-refractivity contribution >= 4 is 22.7 Å². The molecule has 0 spiro atoms. The maximum absolute atomic E-state index is 13.2. The number of carbonyl (C=O) groups is 2. The zero-order valence-electron chi connectivity index (χ0n) is 20.6. The largest absolute Gasteiger partial charge is 0.497 e. The summed E-state index contributed by atoms with van der Waals surface area (Å²) in [5.41, 5.74) is 6.07. The van der Waals surface area contributed by atoms with E-state index in [1.807, 2.05) is 91.9 Å². The van der Waals surface area contributed by atoms with Crippen LogP contribution in [0.2, 0.25) is 0 Å². The lowest BCUT2D eigenvalue weighted by Crippen LogP contribution is -2.15. The van der Waals surface area contributed by atoms with Crippen molar-refractivity contribution < 1.29 is 19.1 Å². The van der Waals surface area contributed by atoms with Gasteiger partial charge in [-0.2, -0.15) is 0 Å². The van der Waals surface area contributed by atoms with Gasteiger partial charge in [0.05, 0.1) is 23.9 Å².